The maximum absolute atomic E-state index is 5.46. The Kier molecular flexibility index (Phi) is 4.24. The van der Waals surface area contributed by atoms with Crippen molar-refractivity contribution in [3.63, 3.8) is 0 Å². The summed E-state index contributed by atoms with van der Waals surface area (Å²) in [7, 11) is 1.30. The largest absolute Gasteiger partial charge is 0.379 e. The van der Waals surface area contributed by atoms with E-state index >= 15 is 0 Å². The van der Waals surface area contributed by atoms with Crippen LogP contribution in [0.1, 0.15) is 0 Å². The summed E-state index contributed by atoms with van der Waals surface area (Å²) in [4.78, 5) is 0. The average Bonchev–Trinajstić information content (AvgIpc) is 2.41. The molecule has 86 valence electrons. The molecule has 3 heteroatoms. The fraction of sp³-hybridized carbons (Fsp3) is 0.0714. The number of thiocarbonyl (C=S) groups is 1. The first-order valence-electron chi connectivity index (χ1n) is 5.45. The zero-order valence-corrected chi connectivity index (χ0v) is 11.3. The van der Waals surface area contributed by atoms with Crippen molar-refractivity contribution < 1.29 is 0 Å². The van der Waals surface area contributed by atoms with E-state index in [0.717, 1.165) is 4.73 Å². The van der Waals surface area contributed by atoms with E-state index in [1.165, 1.54) is 10.6 Å². The zero-order valence-electron chi connectivity index (χ0n) is 9.63. The summed E-state index contributed by atoms with van der Waals surface area (Å²) in [5, 5.41) is 5.69. The van der Waals surface area contributed by atoms with E-state index in [2.05, 4.69) is 53.8 Å². The third-order valence-corrected chi connectivity index (χ3v) is 5.46. The number of hydrogen-bond acceptors (Lipinski definition) is 1. The minimum absolute atomic E-state index is 0.592. The first kappa shape index (κ1) is 12.2. The lowest BCUT2D eigenvalue weighted by atomic mass is 10.4. The Bertz CT molecular complexity index is 445. The highest BCUT2D eigenvalue weighted by Gasteiger charge is 2.17. The van der Waals surface area contributed by atoms with Crippen LogP contribution >= 0.6 is 20.1 Å². The van der Waals surface area contributed by atoms with Gasteiger partial charge in [-0.15, -0.1) is 0 Å². The van der Waals surface area contributed by atoms with Crippen LogP contribution in [0.15, 0.2) is 60.7 Å². The summed E-state index contributed by atoms with van der Waals surface area (Å²) in [5.41, 5.74) is 0. The van der Waals surface area contributed by atoms with Crippen LogP contribution in [-0.4, -0.2) is 11.8 Å². The molecule has 0 saturated carbocycles. The SMILES string of the molecule is CNC(=S)P(c1ccccc1)c1ccccc1. The molecule has 0 atom stereocenters. The lowest BCUT2D eigenvalue weighted by molar-refractivity contribution is 1.23. The van der Waals surface area contributed by atoms with Crippen molar-refractivity contribution in [3.05, 3.63) is 60.7 Å². The number of rotatable bonds is 3. The quantitative estimate of drug-likeness (QED) is 0.672. The molecule has 0 bridgehead atoms. The second kappa shape index (κ2) is 5.90. The van der Waals surface area contributed by atoms with Crippen molar-refractivity contribution >= 4 is 35.5 Å². The van der Waals surface area contributed by atoms with E-state index in [1.54, 1.807) is 0 Å². The van der Waals surface area contributed by atoms with E-state index in [4.69, 9.17) is 12.2 Å². The molecule has 0 spiro atoms. The summed E-state index contributed by atoms with van der Waals surface area (Å²) in [5.74, 6) is 0. The monoisotopic (exact) mass is 259 g/mol. The second-order valence-corrected chi connectivity index (χ2v) is 6.42. The van der Waals surface area contributed by atoms with E-state index in [-0.39, 0.29) is 0 Å². The Morgan fingerprint density at radius 2 is 1.29 bits per heavy atom. The predicted molar refractivity (Wildman–Crippen MR) is 80.7 cm³/mol. The third kappa shape index (κ3) is 2.91. The smallest absolute Gasteiger partial charge is 0.107 e. The van der Waals surface area contributed by atoms with Crippen molar-refractivity contribution in [2.24, 2.45) is 0 Å². The molecular formula is C14H14NPS. The number of benzene rings is 2. The molecular weight excluding hydrogens is 245 g/mol. The highest BCUT2D eigenvalue weighted by Crippen LogP contribution is 2.33. The van der Waals surface area contributed by atoms with Crippen LogP contribution in [0.3, 0.4) is 0 Å². The Morgan fingerprint density at radius 1 is 0.882 bits per heavy atom. The van der Waals surface area contributed by atoms with Gasteiger partial charge >= 0.3 is 0 Å². The van der Waals surface area contributed by atoms with Crippen molar-refractivity contribution in [1.82, 2.24) is 5.32 Å². The van der Waals surface area contributed by atoms with E-state index in [9.17, 15) is 0 Å². The number of nitrogens with one attached hydrogen (secondary N) is 1. The normalized spacial score (nSPS) is 10.2. The molecule has 0 aromatic heterocycles. The van der Waals surface area contributed by atoms with Gasteiger partial charge in [-0.3, -0.25) is 0 Å². The van der Waals surface area contributed by atoms with Gasteiger partial charge in [0.2, 0.25) is 0 Å². The molecule has 0 aliphatic heterocycles. The van der Waals surface area contributed by atoms with Gasteiger partial charge in [0.1, 0.15) is 4.73 Å². The van der Waals surface area contributed by atoms with Gasteiger partial charge in [-0.2, -0.15) is 0 Å². The van der Waals surface area contributed by atoms with Gasteiger partial charge in [0.05, 0.1) is 0 Å². The molecule has 0 fully saturated rings. The second-order valence-electron chi connectivity index (χ2n) is 3.56. The maximum atomic E-state index is 5.46. The Hall–Kier alpha value is -1.24. The van der Waals surface area contributed by atoms with Gasteiger partial charge in [-0.1, -0.05) is 72.9 Å². The average molecular weight is 259 g/mol. The van der Waals surface area contributed by atoms with Crippen LogP contribution in [0.25, 0.3) is 0 Å². The summed E-state index contributed by atoms with van der Waals surface area (Å²) in [6.45, 7) is 0. The molecule has 0 aliphatic carbocycles. The standard InChI is InChI=1S/C14H14NPS/c1-15-14(17)16(12-8-4-2-5-9-12)13-10-6-3-7-11-13/h2-11H,1H3,(H,15,17). The van der Waals surface area contributed by atoms with Crippen molar-refractivity contribution in [2.75, 3.05) is 7.05 Å². The summed E-state index contributed by atoms with van der Waals surface area (Å²) >= 11 is 5.46. The minimum atomic E-state index is -0.592. The molecule has 0 aliphatic rings. The first-order chi connectivity index (χ1) is 8.33. The van der Waals surface area contributed by atoms with Gasteiger partial charge < -0.3 is 5.32 Å². The van der Waals surface area contributed by atoms with Crippen molar-refractivity contribution in [2.45, 2.75) is 0 Å². The van der Waals surface area contributed by atoms with Gasteiger partial charge in [0, 0.05) is 15.0 Å². The highest BCUT2D eigenvalue weighted by molar-refractivity contribution is 8.04. The van der Waals surface area contributed by atoms with Gasteiger partial charge in [0.15, 0.2) is 0 Å². The van der Waals surface area contributed by atoms with E-state index in [0.29, 0.717) is 0 Å². The molecule has 2 aromatic carbocycles. The Balaban J connectivity index is 2.43. The third-order valence-electron chi connectivity index (χ3n) is 2.45. The summed E-state index contributed by atoms with van der Waals surface area (Å²) in [6, 6.07) is 20.9. The van der Waals surface area contributed by atoms with Crippen LogP contribution in [0, 0.1) is 0 Å². The topological polar surface area (TPSA) is 12.0 Å². The maximum Gasteiger partial charge on any atom is 0.107 e. The van der Waals surface area contributed by atoms with Crippen LogP contribution in [0.5, 0.6) is 0 Å². The van der Waals surface area contributed by atoms with Crippen LogP contribution in [-0.2, 0) is 0 Å². The lowest BCUT2D eigenvalue weighted by Gasteiger charge is -2.19. The van der Waals surface area contributed by atoms with Crippen molar-refractivity contribution in [3.8, 4) is 0 Å². The van der Waals surface area contributed by atoms with Crippen LogP contribution in [0.4, 0.5) is 0 Å². The molecule has 1 nitrogen and oxygen atoms in total. The summed E-state index contributed by atoms with van der Waals surface area (Å²) in [6.07, 6.45) is 0. The van der Waals surface area contributed by atoms with Crippen LogP contribution in [0.2, 0.25) is 0 Å². The molecule has 2 rings (SSSR count). The van der Waals surface area contributed by atoms with Gasteiger partial charge in [-0.05, 0) is 10.6 Å². The number of hydrogen-bond donors (Lipinski definition) is 1. The molecule has 2 aromatic rings. The van der Waals surface area contributed by atoms with Gasteiger partial charge in [0.25, 0.3) is 0 Å². The highest BCUT2D eigenvalue weighted by atomic mass is 32.1. The Morgan fingerprint density at radius 3 is 1.65 bits per heavy atom. The predicted octanol–water partition coefficient (Wildman–Crippen LogP) is 2.62. The fourth-order valence-electron chi connectivity index (χ4n) is 1.65. The molecule has 0 heterocycles. The lowest BCUT2D eigenvalue weighted by Crippen LogP contribution is -2.24. The van der Waals surface area contributed by atoms with E-state index < -0.39 is 7.92 Å². The molecule has 0 saturated heterocycles. The fourth-order valence-corrected chi connectivity index (χ4v) is 4.21. The molecule has 0 unspecified atom stereocenters. The Labute approximate surface area is 109 Å². The van der Waals surface area contributed by atoms with E-state index in [1.807, 2.05) is 19.2 Å². The zero-order chi connectivity index (χ0) is 12.1. The minimum Gasteiger partial charge on any atom is -0.379 e. The molecule has 1 N–H and O–H groups in total. The van der Waals surface area contributed by atoms with Gasteiger partial charge in [-0.25, -0.2) is 0 Å². The van der Waals surface area contributed by atoms with Crippen molar-refractivity contribution in [1.29, 1.82) is 0 Å². The molecule has 17 heavy (non-hydrogen) atoms. The first-order valence-corrected chi connectivity index (χ1v) is 7.20. The molecule has 0 radical (unpaired) electrons. The molecule has 0 amide bonds. The summed E-state index contributed by atoms with van der Waals surface area (Å²) < 4.78 is 0.914. The van der Waals surface area contributed by atoms with Crippen LogP contribution < -0.4 is 15.9 Å².